The largest absolute Gasteiger partial charge is 0.494 e. The van der Waals surface area contributed by atoms with E-state index in [1.807, 2.05) is 57.2 Å². The van der Waals surface area contributed by atoms with Gasteiger partial charge in [0.2, 0.25) is 17.0 Å². The van der Waals surface area contributed by atoms with E-state index in [2.05, 4.69) is 26.2 Å². The van der Waals surface area contributed by atoms with Crippen LogP contribution in [0.15, 0.2) is 41.6 Å². The Kier molecular flexibility index (Phi) is 7.24. The highest BCUT2D eigenvalue weighted by atomic mass is 32.2. The first-order valence-electron chi connectivity index (χ1n) is 9.58. The first-order valence-corrected chi connectivity index (χ1v) is 10.6. The molecule has 9 nitrogen and oxygen atoms in total. The van der Waals surface area contributed by atoms with Crippen LogP contribution in [0.4, 0.5) is 5.69 Å². The number of carbonyl (C=O) groups is 2. The molecule has 0 atom stereocenters. The first kappa shape index (κ1) is 22.3. The van der Waals surface area contributed by atoms with Gasteiger partial charge in [0.15, 0.2) is 0 Å². The van der Waals surface area contributed by atoms with E-state index in [1.165, 1.54) is 16.4 Å². The maximum absolute atomic E-state index is 12.2. The van der Waals surface area contributed by atoms with E-state index < -0.39 is 0 Å². The van der Waals surface area contributed by atoms with Gasteiger partial charge in [0, 0.05) is 5.69 Å². The molecule has 1 heterocycles. The molecule has 0 aliphatic heterocycles. The molecule has 1 aromatic heterocycles. The third-order valence-electron chi connectivity index (χ3n) is 4.66. The van der Waals surface area contributed by atoms with Crippen molar-refractivity contribution in [3.8, 4) is 11.4 Å². The van der Waals surface area contributed by atoms with Gasteiger partial charge in [-0.2, -0.15) is 4.68 Å². The minimum atomic E-state index is -0.299. The van der Waals surface area contributed by atoms with Crippen LogP contribution < -0.4 is 15.4 Å². The predicted octanol–water partition coefficient (Wildman–Crippen LogP) is 2.44. The number of tetrazole rings is 1. The molecule has 2 aromatic carbocycles. The predicted molar refractivity (Wildman–Crippen MR) is 119 cm³/mol. The van der Waals surface area contributed by atoms with E-state index in [0.29, 0.717) is 16.6 Å². The minimum Gasteiger partial charge on any atom is -0.494 e. The Morgan fingerprint density at radius 2 is 1.94 bits per heavy atom. The fourth-order valence-corrected chi connectivity index (χ4v) is 3.54. The molecule has 10 heteroatoms. The Balaban J connectivity index is 1.55. The molecular weight excluding hydrogens is 416 g/mol. The van der Waals surface area contributed by atoms with Gasteiger partial charge >= 0.3 is 0 Å². The molecule has 0 unspecified atom stereocenters. The molecule has 162 valence electrons. The molecule has 2 amide bonds. The maximum atomic E-state index is 12.2. The smallest absolute Gasteiger partial charge is 0.243 e. The average Bonchev–Trinajstić information content (AvgIpc) is 3.22. The molecular formula is C21H24N6O3S. The number of ether oxygens (including phenoxy) is 1. The fourth-order valence-electron chi connectivity index (χ4n) is 2.83. The molecule has 0 saturated carbocycles. The van der Waals surface area contributed by atoms with Crippen molar-refractivity contribution in [2.75, 3.05) is 24.7 Å². The highest BCUT2D eigenvalue weighted by Crippen LogP contribution is 2.26. The number of methoxy groups -OCH3 is 1. The van der Waals surface area contributed by atoms with Gasteiger partial charge in [-0.25, -0.2) is 0 Å². The number of anilines is 1. The first-order chi connectivity index (χ1) is 14.9. The number of nitrogens with zero attached hydrogens (tertiary/aromatic N) is 4. The number of nitrogens with one attached hydrogen (secondary N) is 2. The SMILES string of the molecule is COc1ccc(C)cc1-n1nnnc1SCC(=O)NCC(=O)Nc1cccc(C)c1C. The molecule has 0 radical (unpaired) electrons. The highest BCUT2D eigenvalue weighted by molar-refractivity contribution is 7.99. The van der Waals surface area contributed by atoms with Gasteiger partial charge in [0.1, 0.15) is 11.4 Å². The quantitative estimate of drug-likeness (QED) is 0.518. The van der Waals surface area contributed by atoms with Crippen molar-refractivity contribution in [3.63, 3.8) is 0 Å². The van der Waals surface area contributed by atoms with Crippen LogP contribution in [-0.4, -0.2) is 51.4 Å². The lowest BCUT2D eigenvalue weighted by atomic mass is 10.1. The summed E-state index contributed by atoms with van der Waals surface area (Å²) in [6.45, 7) is 5.75. The summed E-state index contributed by atoms with van der Waals surface area (Å²) >= 11 is 1.17. The van der Waals surface area contributed by atoms with E-state index in [-0.39, 0.29) is 24.1 Å². The van der Waals surface area contributed by atoms with Gasteiger partial charge in [-0.05, 0) is 66.1 Å². The number of thioether (sulfide) groups is 1. The van der Waals surface area contributed by atoms with Crippen LogP contribution in [0.1, 0.15) is 16.7 Å². The van der Waals surface area contributed by atoms with Crippen LogP contribution >= 0.6 is 11.8 Å². The molecule has 3 rings (SSSR count). The molecule has 3 aromatic rings. The Hall–Kier alpha value is -3.40. The molecule has 0 bridgehead atoms. The van der Waals surface area contributed by atoms with Gasteiger partial charge in [0.25, 0.3) is 0 Å². The van der Waals surface area contributed by atoms with Crippen molar-refractivity contribution in [1.29, 1.82) is 0 Å². The number of hydrogen-bond acceptors (Lipinski definition) is 7. The second-order valence-corrected chi connectivity index (χ2v) is 7.85. The third-order valence-corrected chi connectivity index (χ3v) is 5.58. The summed E-state index contributed by atoms with van der Waals surface area (Å²) in [4.78, 5) is 24.4. The van der Waals surface area contributed by atoms with E-state index in [1.54, 1.807) is 7.11 Å². The second-order valence-electron chi connectivity index (χ2n) is 6.91. The Morgan fingerprint density at radius 1 is 1.13 bits per heavy atom. The summed E-state index contributed by atoms with van der Waals surface area (Å²) < 4.78 is 6.91. The summed E-state index contributed by atoms with van der Waals surface area (Å²) in [6.07, 6.45) is 0. The number of hydrogen-bond donors (Lipinski definition) is 2. The lowest BCUT2D eigenvalue weighted by Gasteiger charge is -2.11. The van der Waals surface area contributed by atoms with E-state index >= 15 is 0 Å². The van der Waals surface area contributed by atoms with Gasteiger partial charge in [-0.1, -0.05) is 30.0 Å². The average molecular weight is 441 g/mol. The van der Waals surface area contributed by atoms with Crippen molar-refractivity contribution in [2.45, 2.75) is 25.9 Å². The molecule has 0 saturated heterocycles. The highest BCUT2D eigenvalue weighted by Gasteiger charge is 2.16. The topological polar surface area (TPSA) is 111 Å². The van der Waals surface area contributed by atoms with E-state index in [0.717, 1.165) is 22.4 Å². The maximum Gasteiger partial charge on any atom is 0.243 e. The monoisotopic (exact) mass is 440 g/mol. The zero-order valence-corrected chi connectivity index (χ0v) is 18.6. The van der Waals surface area contributed by atoms with Gasteiger partial charge in [0.05, 0.1) is 19.4 Å². The molecule has 0 fully saturated rings. The summed E-state index contributed by atoms with van der Waals surface area (Å²) in [5.74, 6) is 0.0891. The molecule has 31 heavy (non-hydrogen) atoms. The Labute approximate surface area is 184 Å². The lowest BCUT2D eigenvalue weighted by molar-refractivity contribution is -0.122. The summed E-state index contributed by atoms with van der Waals surface area (Å²) in [7, 11) is 1.57. The molecule has 0 aliphatic carbocycles. The van der Waals surface area contributed by atoms with Crippen LogP contribution in [0.25, 0.3) is 5.69 Å². The number of rotatable bonds is 8. The van der Waals surface area contributed by atoms with Crippen molar-refractivity contribution < 1.29 is 14.3 Å². The van der Waals surface area contributed by atoms with Crippen LogP contribution in [0.5, 0.6) is 5.75 Å². The zero-order chi connectivity index (χ0) is 22.4. The zero-order valence-electron chi connectivity index (χ0n) is 17.8. The minimum absolute atomic E-state index is 0.0608. The van der Waals surface area contributed by atoms with Crippen molar-refractivity contribution in [2.24, 2.45) is 0 Å². The number of carbonyl (C=O) groups excluding carboxylic acids is 2. The Bertz CT molecular complexity index is 1100. The van der Waals surface area contributed by atoms with Crippen LogP contribution in [0.3, 0.4) is 0 Å². The summed E-state index contributed by atoms with van der Waals surface area (Å²) in [6, 6.07) is 11.3. The molecule has 0 aliphatic rings. The van der Waals surface area contributed by atoms with Crippen LogP contribution in [0, 0.1) is 20.8 Å². The van der Waals surface area contributed by atoms with Crippen molar-refractivity contribution in [1.82, 2.24) is 25.5 Å². The summed E-state index contributed by atoms with van der Waals surface area (Å²) in [5.41, 5.74) is 4.52. The van der Waals surface area contributed by atoms with E-state index in [4.69, 9.17) is 4.74 Å². The van der Waals surface area contributed by atoms with Gasteiger partial charge in [-0.3, -0.25) is 9.59 Å². The lowest BCUT2D eigenvalue weighted by Crippen LogP contribution is -2.34. The second kappa shape index (κ2) is 10.1. The molecule has 2 N–H and O–H groups in total. The van der Waals surface area contributed by atoms with Crippen molar-refractivity contribution in [3.05, 3.63) is 53.1 Å². The van der Waals surface area contributed by atoms with E-state index in [9.17, 15) is 9.59 Å². The van der Waals surface area contributed by atoms with Crippen molar-refractivity contribution >= 4 is 29.3 Å². The Morgan fingerprint density at radius 3 is 2.71 bits per heavy atom. The third kappa shape index (κ3) is 5.60. The normalized spacial score (nSPS) is 10.6. The number of amides is 2. The van der Waals surface area contributed by atoms with Gasteiger partial charge < -0.3 is 15.4 Å². The van der Waals surface area contributed by atoms with Gasteiger partial charge in [-0.15, -0.1) is 5.10 Å². The fraction of sp³-hybridized carbons (Fsp3) is 0.286. The standard InChI is InChI=1S/C21H24N6O3S/c1-13-8-9-18(30-4)17(10-13)27-21(24-25-26-27)31-12-20(29)22-11-19(28)23-16-7-5-6-14(2)15(16)3/h5-10H,11-12H2,1-4H3,(H,22,29)(H,23,28). The number of benzene rings is 2. The van der Waals surface area contributed by atoms with Crippen LogP contribution in [-0.2, 0) is 9.59 Å². The van der Waals surface area contributed by atoms with Crippen LogP contribution in [0.2, 0.25) is 0 Å². The number of aryl methyl sites for hydroxylation is 2. The summed E-state index contributed by atoms with van der Waals surface area (Å²) in [5, 5.41) is 17.6. The molecule has 0 spiro atoms. The number of aromatic nitrogens is 4.